The zero-order valence-electron chi connectivity index (χ0n) is 13.2. The molecule has 0 aromatic heterocycles. The van der Waals surface area contributed by atoms with Crippen LogP contribution in [0.25, 0.3) is 0 Å². The highest BCUT2D eigenvalue weighted by Crippen LogP contribution is 2.11. The minimum atomic E-state index is -4.36. The lowest BCUT2D eigenvalue weighted by atomic mass is 10.1. The van der Waals surface area contributed by atoms with Gasteiger partial charge in [0.05, 0.1) is 0 Å². The summed E-state index contributed by atoms with van der Waals surface area (Å²) < 4.78 is 36.5. The fourth-order valence-corrected chi connectivity index (χ4v) is 2.94. The fraction of sp³-hybridized carbons (Fsp3) is 0.562. The van der Waals surface area contributed by atoms with Gasteiger partial charge in [-0.2, -0.15) is 13.2 Å². The van der Waals surface area contributed by atoms with Crippen molar-refractivity contribution in [3.63, 3.8) is 0 Å². The molecule has 23 heavy (non-hydrogen) atoms. The Kier molecular flexibility index (Phi) is 6.01. The smallest absolute Gasteiger partial charge is 0.342 e. The number of hydrogen-bond donors (Lipinski definition) is 3. The van der Waals surface area contributed by atoms with Crippen molar-refractivity contribution >= 4 is 5.91 Å². The second-order valence-electron chi connectivity index (χ2n) is 6.13. The SMILES string of the molecule is C[C@@H](C(=O)NCC(F)(F)F)[NH+]1CC[NH+](Cc2ccccc2)CC1. The Morgan fingerprint density at radius 3 is 2.35 bits per heavy atom. The van der Waals surface area contributed by atoms with E-state index >= 15 is 0 Å². The van der Waals surface area contributed by atoms with Gasteiger partial charge in [0.15, 0.2) is 6.04 Å². The molecule has 1 saturated heterocycles. The van der Waals surface area contributed by atoms with Crippen molar-refractivity contribution < 1.29 is 27.8 Å². The van der Waals surface area contributed by atoms with E-state index in [4.69, 9.17) is 0 Å². The largest absolute Gasteiger partial charge is 0.405 e. The summed E-state index contributed by atoms with van der Waals surface area (Å²) in [6.45, 7) is 4.81. The highest BCUT2D eigenvalue weighted by molar-refractivity contribution is 5.79. The first-order valence-electron chi connectivity index (χ1n) is 7.91. The maximum absolute atomic E-state index is 12.2. The average Bonchev–Trinajstić information content (AvgIpc) is 2.53. The summed E-state index contributed by atoms with van der Waals surface area (Å²) in [6.07, 6.45) is -4.36. The van der Waals surface area contributed by atoms with Crippen LogP contribution in [0.15, 0.2) is 30.3 Å². The van der Waals surface area contributed by atoms with Gasteiger partial charge in [-0.3, -0.25) is 4.79 Å². The molecule has 1 aromatic rings. The van der Waals surface area contributed by atoms with E-state index < -0.39 is 24.7 Å². The summed E-state index contributed by atoms with van der Waals surface area (Å²) in [7, 11) is 0. The lowest BCUT2D eigenvalue weighted by molar-refractivity contribution is -1.02. The van der Waals surface area contributed by atoms with Gasteiger partial charge >= 0.3 is 6.18 Å². The lowest BCUT2D eigenvalue weighted by Gasteiger charge is -2.32. The molecule has 1 aliphatic heterocycles. The standard InChI is InChI=1S/C16H22F3N3O/c1-13(15(23)20-12-16(17,18)19)22-9-7-21(8-10-22)11-14-5-3-2-4-6-14/h2-6,13H,7-12H2,1H3,(H,20,23)/p+2/t13-/m0/s1. The molecular formula is C16H24F3N3O+2. The van der Waals surface area contributed by atoms with Crippen LogP contribution in [-0.2, 0) is 11.3 Å². The second kappa shape index (κ2) is 7.79. The number of nitrogens with one attached hydrogen (secondary N) is 3. The molecule has 1 atom stereocenters. The molecule has 128 valence electrons. The van der Waals surface area contributed by atoms with Crippen molar-refractivity contribution in [3.05, 3.63) is 35.9 Å². The predicted octanol–water partition coefficient (Wildman–Crippen LogP) is -0.963. The first-order chi connectivity index (χ1) is 10.8. The number of benzene rings is 1. The van der Waals surface area contributed by atoms with Gasteiger partial charge in [0.25, 0.3) is 5.91 Å². The molecule has 1 fully saturated rings. The van der Waals surface area contributed by atoms with Crippen LogP contribution in [-0.4, -0.2) is 50.8 Å². The number of halogens is 3. The third-order valence-corrected chi connectivity index (χ3v) is 4.37. The van der Waals surface area contributed by atoms with Gasteiger partial charge in [-0.1, -0.05) is 30.3 Å². The number of alkyl halides is 3. The first-order valence-corrected chi connectivity index (χ1v) is 7.91. The van der Waals surface area contributed by atoms with E-state index in [2.05, 4.69) is 12.1 Å². The Balaban J connectivity index is 1.76. The van der Waals surface area contributed by atoms with Crippen molar-refractivity contribution in [3.8, 4) is 0 Å². The Hall–Kier alpha value is -1.60. The molecule has 1 aliphatic rings. The first kappa shape index (κ1) is 17.7. The normalized spacial score (nSPS) is 23.3. The molecule has 0 aliphatic carbocycles. The molecule has 2 rings (SSSR count). The molecule has 0 radical (unpaired) electrons. The quantitative estimate of drug-likeness (QED) is 0.639. The van der Waals surface area contributed by atoms with Gasteiger partial charge in [-0.15, -0.1) is 0 Å². The zero-order valence-corrected chi connectivity index (χ0v) is 13.2. The minimum Gasteiger partial charge on any atom is -0.342 e. The molecule has 0 saturated carbocycles. The summed E-state index contributed by atoms with van der Waals surface area (Å²) in [5, 5.41) is 1.98. The second-order valence-corrected chi connectivity index (χ2v) is 6.13. The van der Waals surface area contributed by atoms with Gasteiger partial charge < -0.3 is 15.1 Å². The molecule has 1 amide bonds. The number of hydrogen-bond acceptors (Lipinski definition) is 1. The number of carbonyl (C=O) groups excluding carboxylic acids is 1. The van der Waals surface area contributed by atoms with Crippen LogP contribution < -0.4 is 15.1 Å². The number of carbonyl (C=O) groups is 1. The molecule has 1 heterocycles. The summed E-state index contributed by atoms with van der Waals surface area (Å²) in [4.78, 5) is 14.3. The molecular weight excluding hydrogens is 307 g/mol. The van der Waals surface area contributed by atoms with Crippen molar-refractivity contribution in [2.24, 2.45) is 0 Å². The lowest BCUT2D eigenvalue weighted by Crippen LogP contribution is -3.29. The van der Waals surface area contributed by atoms with Crippen LogP contribution in [0.2, 0.25) is 0 Å². The number of amides is 1. The van der Waals surface area contributed by atoms with E-state index in [1.807, 2.05) is 23.5 Å². The fourth-order valence-electron chi connectivity index (χ4n) is 2.94. The van der Waals surface area contributed by atoms with Gasteiger partial charge in [0.1, 0.15) is 39.3 Å². The van der Waals surface area contributed by atoms with Gasteiger partial charge in [0.2, 0.25) is 0 Å². The van der Waals surface area contributed by atoms with Crippen LogP contribution in [0.5, 0.6) is 0 Å². The van der Waals surface area contributed by atoms with Crippen LogP contribution in [0.4, 0.5) is 13.2 Å². The average molecular weight is 331 g/mol. The maximum atomic E-state index is 12.2. The van der Waals surface area contributed by atoms with Crippen LogP contribution in [0, 0.1) is 0 Å². The number of rotatable bonds is 5. The topological polar surface area (TPSA) is 38.0 Å². The van der Waals surface area contributed by atoms with Crippen molar-refractivity contribution in [2.75, 3.05) is 32.7 Å². The van der Waals surface area contributed by atoms with E-state index in [1.165, 1.54) is 10.5 Å². The summed E-state index contributed by atoms with van der Waals surface area (Å²) in [5.74, 6) is -0.524. The van der Waals surface area contributed by atoms with Gasteiger partial charge in [-0.25, -0.2) is 0 Å². The molecule has 3 N–H and O–H groups in total. The molecule has 0 bridgehead atoms. The number of piperazine rings is 1. The predicted molar refractivity (Wildman–Crippen MR) is 80.1 cm³/mol. The van der Waals surface area contributed by atoms with E-state index in [0.717, 1.165) is 37.6 Å². The van der Waals surface area contributed by atoms with Crippen molar-refractivity contribution in [1.82, 2.24) is 5.32 Å². The molecule has 0 spiro atoms. The Morgan fingerprint density at radius 1 is 1.17 bits per heavy atom. The van der Waals surface area contributed by atoms with Crippen LogP contribution in [0.1, 0.15) is 12.5 Å². The maximum Gasteiger partial charge on any atom is 0.405 e. The third-order valence-electron chi connectivity index (χ3n) is 4.37. The van der Waals surface area contributed by atoms with Crippen molar-refractivity contribution in [1.29, 1.82) is 0 Å². The Morgan fingerprint density at radius 2 is 1.78 bits per heavy atom. The zero-order chi connectivity index (χ0) is 16.9. The third kappa shape index (κ3) is 5.84. The summed E-state index contributed by atoms with van der Waals surface area (Å²) in [5.41, 5.74) is 1.28. The number of quaternary nitrogens is 2. The highest BCUT2D eigenvalue weighted by Gasteiger charge is 2.33. The van der Waals surface area contributed by atoms with E-state index in [-0.39, 0.29) is 0 Å². The van der Waals surface area contributed by atoms with E-state index in [1.54, 1.807) is 6.92 Å². The van der Waals surface area contributed by atoms with E-state index in [0.29, 0.717) is 0 Å². The monoisotopic (exact) mass is 331 g/mol. The van der Waals surface area contributed by atoms with Gasteiger partial charge in [0, 0.05) is 5.56 Å². The highest BCUT2D eigenvalue weighted by atomic mass is 19.4. The Bertz CT molecular complexity index is 499. The van der Waals surface area contributed by atoms with Gasteiger partial charge in [-0.05, 0) is 6.92 Å². The molecule has 0 unspecified atom stereocenters. The minimum absolute atomic E-state index is 0.448. The van der Waals surface area contributed by atoms with Crippen LogP contribution >= 0.6 is 0 Å². The summed E-state index contributed by atoms with van der Waals surface area (Å²) in [6, 6.07) is 9.77. The summed E-state index contributed by atoms with van der Waals surface area (Å²) >= 11 is 0. The van der Waals surface area contributed by atoms with Crippen molar-refractivity contribution in [2.45, 2.75) is 25.7 Å². The Labute approximate surface area is 134 Å². The van der Waals surface area contributed by atoms with E-state index in [9.17, 15) is 18.0 Å². The molecule has 7 heteroatoms. The molecule has 4 nitrogen and oxygen atoms in total. The molecule has 1 aromatic carbocycles. The van der Waals surface area contributed by atoms with Crippen LogP contribution in [0.3, 0.4) is 0 Å².